The average molecular weight is 224 g/mol. The van der Waals surface area contributed by atoms with Crippen LogP contribution in [-0.4, -0.2) is 31.1 Å². The molecular formula is C13H21FN2. The summed E-state index contributed by atoms with van der Waals surface area (Å²) in [5, 5.41) is 3.37. The summed E-state index contributed by atoms with van der Waals surface area (Å²) in [5.74, 6) is -0.173. The predicted molar refractivity (Wildman–Crippen MR) is 65.9 cm³/mol. The van der Waals surface area contributed by atoms with Crippen molar-refractivity contribution in [1.82, 2.24) is 10.2 Å². The van der Waals surface area contributed by atoms with Crippen molar-refractivity contribution in [2.24, 2.45) is 0 Å². The molecule has 0 aliphatic carbocycles. The van der Waals surface area contributed by atoms with Crippen LogP contribution in [0.2, 0.25) is 0 Å². The minimum absolute atomic E-state index is 0.173. The molecule has 0 spiro atoms. The molecule has 90 valence electrons. The summed E-state index contributed by atoms with van der Waals surface area (Å²) in [4.78, 5) is 2.22. The Balaban J connectivity index is 2.28. The number of likely N-dealkylation sites (N-methyl/N-ethyl adjacent to an activating group) is 1. The number of benzene rings is 1. The second-order valence-electron chi connectivity index (χ2n) is 4.47. The first-order chi connectivity index (χ1) is 7.58. The molecule has 0 aliphatic heterocycles. The zero-order valence-electron chi connectivity index (χ0n) is 10.3. The highest BCUT2D eigenvalue weighted by Gasteiger charge is 2.00. The molecule has 0 radical (unpaired) electrons. The van der Waals surface area contributed by atoms with E-state index in [-0.39, 0.29) is 5.82 Å². The van der Waals surface area contributed by atoms with Gasteiger partial charge in [0.1, 0.15) is 5.82 Å². The Hall–Kier alpha value is -0.930. The van der Waals surface area contributed by atoms with Crippen LogP contribution in [0.15, 0.2) is 24.3 Å². The maximum Gasteiger partial charge on any atom is 0.123 e. The summed E-state index contributed by atoms with van der Waals surface area (Å²) in [6.45, 7) is 7.12. The van der Waals surface area contributed by atoms with Crippen molar-refractivity contribution in [3.05, 3.63) is 35.6 Å². The van der Waals surface area contributed by atoms with Crippen LogP contribution in [0.3, 0.4) is 0 Å². The third-order valence-corrected chi connectivity index (χ3v) is 2.41. The molecule has 16 heavy (non-hydrogen) atoms. The fourth-order valence-electron chi connectivity index (χ4n) is 1.52. The third kappa shape index (κ3) is 5.24. The smallest absolute Gasteiger partial charge is 0.123 e. The van der Waals surface area contributed by atoms with Crippen molar-refractivity contribution < 1.29 is 4.39 Å². The molecule has 0 saturated heterocycles. The van der Waals surface area contributed by atoms with Gasteiger partial charge in [0.2, 0.25) is 0 Å². The van der Waals surface area contributed by atoms with Gasteiger partial charge in [-0.1, -0.05) is 26.0 Å². The second-order valence-corrected chi connectivity index (χ2v) is 4.47. The summed E-state index contributed by atoms with van der Waals surface area (Å²) >= 11 is 0. The molecular weight excluding hydrogens is 203 g/mol. The van der Waals surface area contributed by atoms with Crippen LogP contribution in [0.4, 0.5) is 4.39 Å². The fraction of sp³-hybridized carbons (Fsp3) is 0.538. The number of hydrogen-bond acceptors (Lipinski definition) is 2. The molecule has 0 saturated carbocycles. The van der Waals surface area contributed by atoms with Crippen molar-refractivity contribution in [1.29, 1.82) is 0 Å². The molecule has 3 heteroatoms. The summed E-state index contributed by atoms with van der Waals surface area (Å²) < 4.78 is 12.7. The van der Waals surface area contributed by atoms with E-state index in [0.717, 1.165) is 25.2 Å². The van der Waals surface area contributed by atoms with E-state index in [1.165, 1.54) is 12.1 Å². The van der Waals surface area contributed by atoms with Gasteiger partial charge in [-0.05, 0) is 24.7 Å². The van der Waals surface area contributed by atoms with Gasteiger partial charge in [-0.3, -0.25) is 0 Å². The van der Waals surface area contributed by atoms with Crippen LogP contribution in [0, 0.1) is 5.82 Å². The molecule has 1 rings (SSSR count). The Labute approximate surface area is 97.5 Å². The Morgan fingerprint density at radius 3 is 2.44 bits per heavy atom. The van der Waals surface area contributed by atoms with Crippen LogP contribution in [0.5, 0.6) is 0 Å². The van der Waals surface area contributed by atoms with Crippen molar-refractivity contribution in [2.75, 3.05) is 20.1 Å². The molecule has 1 N–H and O–H groups in total. The van der Waals surface area contributed by atoms with E-state index in [0.29, 0.717) is 6.04 Å². The van der Waals surface area contributed by atoms with E-state index in [1.54, 1.807) is 0 Å². The SMILES string of the molecule is CC(C)NCCN(C)Cc1ccc(F)cc1. The summed E-state index contributed by atoms with van der Waals surface area (Å²) in [7, 11) is 2.07. The van der Waals surface area contributed by atoms with Gasteiger partial charge in [0.15, 0.2) is 0 Å². The van der Waals surface area contributed by atoms with Gasteiger partial charge >= 0.3 is 0 Å². The highest BCUT2D eigenvalue weighted by Crippen LogP contribution is 2.04. The van der Waals surface area contributed by atoms with Gasteiger partial charge < -0.3 is 10.2 Å². The van der Waals surface area contributed by atoms with E-state index < -0.39 is 0 Å². The number of rotatable bonds is 6. The minimum Gasteiger partial charge on any atom is -0.313 e. The number of halogens is 1. The maximum atomic E-state index is 12.7. The monoisotopic (exact) mass is 224 g/mol. The van der Waals surface area contributed by atoms with E-state index in [9.17, 15) is 4.39 Å². The van der Waals surface area contributed by atoms with Gasteiger partial charge in [0, 0.05) is 25.7 Å². The minimum atomic E-state index is -0.173. The summed E-state index contributed by atoms with van der Waals surface area (Å²) in [6.07, 6.45) is 0. The Morgan fingerprint density at radius 2 is 1.88 bits per heavy atom. The third-order valence-electron chi connectivity index (χ3n) is 2.41. The first-order valence-corrected chi connectivity index (χ1v) is 5.74. The molecule has 0 aromatic heterocycles. The molecule has 0 heterocycles. The van der Waals surface area contributed by atoms with Crippen LogP contribution < -0.4 is 5.32 Å². The van der Waals surface area contributed by atoms with Crippen molar-refractivity contribution in [3.63, 3.8) is 0 Å². The van der Waals surface area contributed by atoms with E-state index in [1.807, 2.05) is 12.1 Å². The van der Waals surface area contributed by atoms with Gasteiger partial charge in [0.05, 0.1) is 0 Å². The zero-order valence-corrected chi connectivity index (χ0v) is 10.3. The highest BCUT2D eigenvalue weighted by atomic mass is 19.1. The van der Waals surface area contributed by atoms with Crippen molar-refractivity contribution in [2.45, 2.75) is 26.4 Å². The van der Waals surface area contributed by atoms with E-state index in [2.05, 4.69) is 31.1 Å². The first kappa shape index (κ1) is 13.1. The molecule has 0 amide bonds. The van der Waals surface area contributed by atoms with Crippen molar-refractivity contribution >= 4 is 0 Å². The van der Waals surface area contributed by atoms with Crippen LogP contribution >= 0.6 is 0 Å². The Kier molecular flexibility index (Phi) is 5.43. The molecule has 1 aromatic carbocycles. The van der Waals surface area contributed by atoms with Gasteiger partial charge in [0.25, 0.3) is 0 Å². The van der Waals surface area contributed by atoms with Gasteiger partial charge in [-0.25, -0.2) is 4.39 Å². The van der Waals surface area contributed by atoms with Gasteiger partial charge in [-0.2, -0.15) is 0 Å². The van der Waals surface area contributed by atoms with Crippen LogP contribution in [-0.2, 0) is 6.54 Å². The molecule has 0 aliphatic rings. The molecule has 0 bridgehead atoms. The number of hydrogen-bond donors (Lipinski definition) is 1. The van der Waals surface area contributed by atoms with Crippen LogP contribution in [0.25, 0.3) is 0 Å². The molecule has 0 unspecified atom stereocenters. The van der Waals surface area contributed by atoms with E-state index in [4.69, 9.17) is 0 Å². The lowest BCUT2D eigenvalue weighted by Gasteiger charge is -2.18. The second kappa shape index (κ2) is 6.61. The predicted octanol–water partition coefficient (Wildman–Crippen LogP) is 2.26. The molecule has 0 atom stereocenters. The van der Waals surface area contributed by atoms with Crippen molar-refractivity contribution in [3.8, 4) is 0 Å². The largest absolute Gasteiger partial charge is 0.313 e. The standard InChI is InChI=1S/C13H21FN2/c1-11(2)15-8-9-16(3)10-12-4-6-13(14)7-5-12/h4-7,11,15H,8-10H2,1-3H3. The maximum absolute atomic E-state index is 12.7. The van der Waals surface area contributed by atoms with Crippen LogP contribution in [0.1, 0.15) is 19.4 Å². The number of nitrogens with zero attached hydrogens (tertiary/aromatic N) is 1. The Morgan fingerprint density at radius 1 is 1.25 bits per heavy atom. The normalized spacial score (nSPS) is 11.4. The quantitative estimate of drug-likeness (QED) is 0.797. The lowest BCUT2D eigenvalue weighted by molar-refractivity contribution is 0.320. The molecule has 2 nitrogen and oxygen atoms in total. The lowest BCUT2D eigenvalue weighted by atomic mass is 10.2. The summed E-state index contributed by atoms with van der Waals surface area (Å²) in [6, 6.07) is 7.22. The summed E-state index contributed by atoms with van der Waals surface area (Å²) in [5.41, 5.74) is 1.15. The Bertz CT molecular complexity index is 295. The highest BCUT2D eigenvalue weighted by molar-refractivity contribution is 5.15. The van der Waals surface area contributed by atoms with Gasteiger partial charge in [-0.15, -0.1) is 0 Å². The fourth-order valence-corrected chi connectivity index (χ4v) is 1.52. The lowest BCUT2D eigenvalue weighted by Crippen LogP contribution is -2.32. The molecule has 0 fully saturated rings. The average Bonchev–Trinajstić information content (AvgIpc) is 2.21. The topological polar surface area (TPSA) is 15.3 Å². The zero-order chi connectivity index (χ0) is 12.0. The van der Waals surface area contributed by atoms with E-state index >= 15 is 0 Å². The number of nitrogens with one attached hydrogen (secondary N) is 1. The molecule has 1 aromatic rings. The first-order valence-electron chi connectivity index (χ1n) is 5.74.